The molecule has 0 aromatic carbocycles. The van der Waals surface area contributed by atoms with E-state index in [1.165, 1.54) is 11.3 Å². The molecule has 0 aliphatic carbocycles. The summed E-state index contributed by atoms with van der Waals surface area (Å²) in [4.78, 5) is 15.3. The third kappa shape index (κ3) is 5.91. The summed E-state index contributed by atoms with van der Waals surface area (Å²) >= 11 is 7.20. The first kappa shape index (κ1) is 24.6. The van der Waals surface area contributed by atoms with Crippen LogP contribution in [0.2, 0.25) is 4.34 Å². The molecule has 0 bridgehead atoms. The molecule has 1 aliphatic heterocycles. The molecule has 13 heteroatoms. The monoisotopic (exact) mass is 517 g/mol. The van der Waals surface area contributed by atoms with Crippen LogP contribution in [0.1, 0.15) is 38.1 Å². The second kappa shape index (κ2) is 9.96. The van der Waals surface area contributed by atoms with Crippen molar-refractivity contribution in [2.45, 2.75) is 51.5 Å². The Morgan fingerprint density at radius 1 is 1.35 bits per heavy atom. The fourth-order valence-corrected chi connectivity index (χ4v) is 4.72. The zero-order chi connectivity index (χ0) is 24.5. The van der Waals surface area contributed by atoms with Gasteiger partial charge < -0.3 is 19.5 Å². The number of carbonyl (C=O) groups excluding carboxylic acids is 1. The molecule has 1 aliphatic rings. The normalized spacial score (nSPS) is 15.7. The van der Waals surface area contributed by atoms with E-state index in [0.29, 0.717) is 34.7 Å². The van der Waals surface area contributed by atoms with Crippen molar-refractivity contribution < 1.29 is 27.2 Å². The van der Waals surface area contributed by atoms with Gasteiger partial charge in [-0.05, 0) is 38.8 Å². The molecule has 0 spiro atoms. The zero-order valence-electron chi connectivity index (χ0n) is 18.4. The Balaban J connectivity index is 1.42. The van der Waals surface area contributed by atoms with Crippen molar-refractivity contribution in [1.29, 1.82) is 0 Å². The van der Waals surface area contributed by atoms with Gasteiger partial charge in [0.05, 0.1) is 22.0 Å². The third-order valence-corrected chi connectivity index (χ3v) is 6.73. The van der Waals surface area contributed by atoms with Gasteiger partial charge >= 0.3 is 12.3 Å². The molecule has 0 radical (unpaired) electrons. The van der Waals surface area contributed by atoms with Crippen LogP contribution < -0.4 is 10.1 Å². The second-order valence-electron chi connectivity index (χ2n) is 8.26. The van der Waals surface area contributed by atoms with Crippen LogP contribution in [0, 0.1) is 0 Å². The number of nitrogens with zero attached hydrogens (tertiary/aromatic N) is 4. The Bertz CT molecular complexity index is 1140. The summed E-state index contributed by atoms with van der Waals surface area (Å²) in [6.07, 6.45) is -3.32. The Morgan fingerprint density at radius 3 is 2.71 bits per heavy atom. The number of ether oxygens (including phenoxy) is 1. The Morgan fingerprint density at radius 2 is 2.09 bits per heavy atom. The lowest BCUT2D eigenvalue weighted by Gasteiger charge is -2.34. The highest BCUT2D eigenvalue weighted by Gasteiger charge is 2.39. The lowest BCUT2D eigenvalue weighted by Crippen LogP contribution is -2.47. The van der Waals surface area contributed by atoms with Gasteiger partial charge in [-0.2, -0.15) is 18.3 Å². The molecule has 1 saturated heterocycles. The quantitative estimate of drug-likeness (QED) is 0.479. The predicted octanol–water partition coefficient (Wildman–Crippen LogP) is 5.28. The second-order valence-corrected chi connectivity index (χ2v) is 9.98. The van der Waals surface area contributed by atoms with Crippen molar-refractivity contribution in [3.63, 3.8) is 0 Å². The summed E-state index contributed by atoms with van der Waals surface area (Å²) in [5.74, 6) is -0.229. The zero-order valence-corrected chi connectivity index (χ0v) is 20.0. The molecule has 4 rings (SSSR count). The maximum Gasteiger partial charge on any atom is 0.438 e. The molecule has 4 heterocycles. The first-order chi connectivity index (χ1) is 16.1. The van der Waals surface area contributed by atoms with Gasteiger partial charge in [0.15, 0.2) is 11.5 Å². The summed E-state index contributed by atoms with van der Waals surface area (Å²) in [6.45, 7) is 5.67. The standard InChI is InChI=1S/C21H23ClF3N5O3S/c1-12(2)29-7-5-13(6-8-29)26-20(31)32-16-11-30(27-19(16)21(23,24)25)10-14-9-15(33-28-14)17-3-4-18(22)34-17/h3-4,9,11-13H,5-8,10H2,1-2H3,(H,26,31). The van der Waals surface area contributed by atoms with Crippen molar-refractivity contribution >= 4 is 29.0 Å². The molecule has 1 fully saturated rings. The van der Waals surface area contributed by atoms with Crippen LogP contribution in [-0.4, -0.2) is 51.1 Å². The minimum Gasteiger partial charge on any atom is -0.406 e. The number of hydrogen-bond acceptors (Lipinski definition) is 7. The molecule has 3 aromatic rings. The topological polar surface area (TPSA) is 85.4 Å². The molecule has 0 unspecified atom stereocenters. The van der Waals surface area contributed by atoms with Gasteiger partial charge in [-0.3, -0.25) is 4.68 Å². The Kier molecular flexibility index (Phi) is 7.20. The van der Waals surface area contributed by atoms with E-state index < -0.39 is 23.7 Å². The minimum atomic E-state index is -4.80. The van der Waals surface area contributed by atoms with Crippen LogP contribution in [0.3, 0.4) is 0 Å². The maximum absolute atomic E-state index is 13.5. The van der Waals surface area contributed by atoms with E-state index in [9.17, 15) is 18.0 Å². The summed E-state index contributed by atoms with van der Waals surface area (Å²) in [6, 6.07) is 5.29. The van der Waals surface area contributed by atoms with Gasteiger partial charge in [0, 0.05) is 31.2 Å². The largest absolute Gasteiger partial charge is 0.438 e. The molecule has 8 nitrogen and oxygen atoms in total. The molecular weight excluding hydrogens is 495 g/mol. The van der Waals surface area contributed by atoms with Gasteiger partial charge in [0.1, 0.15) is 5.69 Å². The van der Waals surface area contributed by atoms with Crippen LogP contribution in [0.5, 0.6) is 5.75 Å². The van der Waals surface area contributed by atoms with Gasteiger partial charge in [-0.25, -0.2) is 4.79 Å². The summed E-state index contributed by atoms with van der Waals surface area (Å²) < 4.78 is 52.4. The average molecular weight is 518 g/mol. The molecule has 0 saturated carbocycles. The summed E-state index contributed by atoms with van der Waals surface area (Å²) in [7, 11) is 0. The number of nitrogens with one attached hydrogen (secondary N) is 1. The Labute approximate surface area is 202 Å². The number of aromatic nitrogens is 3. The van der Waals surface area contributed by atoms with Crippen LogP contribution in [0.15, 0.2) is 28.9 Å². The van der Waals surface area contributed by atoms with E-state index in [1.54, 1.807) is 18.2 Å². The van der Waals surface area contributed by atoms with Crippen molar-refractivity contribution in [1.82, 2.24) is 25.2 Å². The lowest BCUT2D eigenvalue weighted by molar-refractivity contribution is -0.142. The number of amides is 1. The van der Waals surface area contributed by atoms with Crippen LogP contribution in [0.25, 0.3) is 10.6 Å². The van der Waals surface area contributed by atoms with Crippen molar-refractivity contribution in [3.8, 4) is 16.4 Å². The predicted molar refractivity (Wildman–Crippen MR) is 120 cm³/mol. The van der Waals surface area contributed by atoms with Gasteiger partial charge in [0.2, 0.25) is 5.69 Å². The molecule has 1 N–H and O–H groups in total. The molecule has 34 heavy (non-hydrogen) atoms. The van der Waals surface area contributed by atoms with Crippen LogP contribution in [-0.2, 0) is 12.7 Å². The lowest BCUT2D eigenvalue weighted by atomic mass is 10.0. The van der Waals surface area contributed by atoms with Crippen molar-refractivity contribution in [2.75, 3.05) is 13.1 Å². The van der Waals surface area contributed by atoms with Crippen LogP contribution in [0.4, 0.5) is 18.0 Å². The van der Waals surface area contributed by atoms with E-state index in [4.69, 9.17) is 20.9 Å². The number of halogens is 4. The molecule has 1 amide bonds. The third-order valence-electron chi connectivity index (χ3n) is 5.48. The number of carbonyl (C=O) groups is 1. The van der Waals surface area contributed by atoms with Gasteiger partial charge in [0.25, 0.3) is 0 Å². The Hall–Kier alpha value is -2.57. The highest BCUT2D eigenvalue weighted by molar-refractivity contribution is 7.19. The molecule has 3 aromatic heterocycles. The molecule has 184 valence electrons. The van der Waals surface area contributed by atoms with E-state index in [0.717, 1.165) is 28.8 Å². The SMILES string of the molecule is CC(C)N1CCC(NC(=O)Oc2cn(Cc3cc(-c4ccc(Cl)s4)on3)nc2C(F)(F)F)CC1. The summed E-state index contributed by atoms with van der Waals surface area (Å²) in [5, 5.41) is 10.1. The summed E-state index contributed by atoms with van der Waals surface area (Å²) in [5.41, 5.74) is -0.935. The van der Waals surface area contributed by atoms with Crippen LogP contribution >= 0.6 is 22.9 Å². The number of piperidine rings is 1. The molecule has 0 atom stereocenters. The first-order valence-electron chi connectivity index (χ1n) is 10.7. The van der Waals surface area contributed by atoms with E-state index in [-0.39, 0.29) is 12.6 Å². The smallest absolute Gasteiger partial charge is 0.406 e. The van der Waals surface area contributed by atoms with E-state index >= 15 is 0 Å². The maximum atomic E-state index is 13.5. The highest BCUT2D eigenvalue weighted by Crippen LogP contribution is 2.36. The number of hydrogen-bond donors (Lipinski definition) is 1. The average Bonchev–Trinajstić information content (AvgIpc) is 3.48. The number of rotatable bonds is 6. The number of alkyl halides is 3. The number of thiophene rings is 1. The minimum absolute atomic E-state index is 0.107. The number of likely N-dealkylation sites (tertiary alicyclic amines) is 1. The fourth-order valence-electron chi connectivity index (χ4n) is 3.73. The van der Waals surface area contributed by atoms with Crippen molar-refractivity contribution in [3.05, 3.63) is 40.1 Å². The van der Waals surface area contributed by atoms with E-state index in [2.05, 4.69) is 34.3 Å². The fraction of sp³-hybridized carbons (Fsp3) is 0.476. The van der Waals surface area contributed by atoms with Gasteiger partial charge in [-0.1, -0.05) is 16.8 Å². The molecular formula is C21H23ClF3N5O3S. The first-order valence-corrected chi connectivity index (χ1v) is 11.9. The van der Waals surface area contributed by atoms with Crippen molar-refractivity contribution in [2.24, 2.45) is 0 Å². The van der Waals surface area contributed by atoms with E-state index in [1.807, 2.05) is 0 Å². The van der Waals surface area contributed by atoms with Gasteiger partial charge in [-0.15, -0.1) is 11.3 Å². The highest BCUT2D eigenvalue weighted by atomic mass is 35.5.